The molecule has 9 nitrogen and oxygen atoms in total. The van der Waals surface area contributed by atoms with E-state index in [1.165, 1.54) is 10.7 Å². The molecule has 0 saturated carbocycles. The highest BCUT2D eigenvalue weighted by Crippen LogP contribution is 2.23. The van der Waals surface area contributed by atoms with Gasteiger partial charge in [0.25, 0.3) is 0 Å². The van der Waals surface area contributed by atoms with Crippen molar-refractivity contribution in [2.24, 2.45) is 0 Å². The van der Waals surface area contributed by atoms with E-state index in [1.54, 1.807) is 11.6 Å². The summed E-state index contributed by atoms with van der Waals surface area (Å²) in [5, 5.41) is 22.8. The summed E-state index contributed by atoms with van der Waals surface area (Å²) in [4.78, 5) is 22.7. The summed E-state index contributed by atoms with van der Waals surface area (Å²) >= 11 is 6.23. The Morgan fingerprint density at radius 3 is 2.59 bits per heavy atom. The van der Waals surface area contributed by atoms with Crippen molar-refractivity contribution in [3.8, 4) is 0 Å². The Bertz CT molecular complexity index is 1070. The van der Waals surface area contributed by atoms with Gasteiger partial charge in [0.2, 0.25) is 5.91 Å². The van der Waals surface area contributed by atoms with Gasteiger partial charge in [0.15, 0.2) is 0 Å². The number of amides is 1. The highest BCUT2D eigenvalue weighted by atomic mass is 35.5. The SMILES string of the molecule is Cc1nn(Cc2ccccc2Cl)c(C)c1NC(=O)CCn1nc([N+](=O)[O-])cc1C. The van der Waals surface area contributed by atoms with Crippen LogP contribution in [0.25, 0.3) is 0 Å². The molecule has 0 atom stereocenters. The maximum atomic E-state index is 12.4. The van der Waals surface area contributed by atoms with E-state index in [9.17, 15) is 14.9 Å². The smallest absolute Gasteiger partial charge is 0.358 e. The first-order chi connectivity index (χ1) is 13.8. The Morgan fingerprint density at radius 2 is 1.93 bits per heavy atom. The van der Waals surface area contributed by atoms with Crippen LogP contribution in [0.5, 0.6) is 0 Å². The molecule has 0 spiro atoms. The number of benzene rings is 1. The summed E-state index contributed by atoms with van der Waals surface area (Å²) in [5.74, 6) is -0.443. The van der Waals surface area contributed by atoms with Crippen LogP contribution in [0.2, 0.25) is 5.02 Å². The fraction of sp³-hybridized carbons (Fsp3) is 0.316. The van der Waals surface area contributed by atoms with Crippen molar-refractivity contribution in [1.82, 2.24) is 19.6 Å². The summed E-state index contributed by atoms with van der Waals surface area (Å²) in [6.07, 6.45) is 0.133. The fourth-order valence-electron chi connectivity index (χ4n) is 3.04. The highest BCUT2D eigenvalue weighted by Gasteiger charge is 2.18. The molecule has 3 rings (SSSR count). The van der Waals surface area contributed by atoms with Crippen LogP contribution in [0.4, 0.5) is 11.5 Å². The van der Waals surface area contributed by atoms with E-state index in [0.717, 1.165) is 11.3 Å². The van der Waals surface area contributed by atoms with Gasteiger partial charge in [0.1, 0.15) is 0 Å². The number of nitrogens with one attached hydrogen (secondary N) is 1. The second-order valence-electron chi connectivity index (χ2n) is 6.72. The molecule has 0 saturated heterocycles. The first-order valence-electron chi connectivity index (χ1n) is 9.02. The van der Waals surface area contributed by atoms with Crippen LogP contribution in [0.1, 0.15) is 29.1 Å². The van der Waals surface area contributed by atoms with E-state index >= 15 is 0 Å². The standard InChI is InChI=1S/C19H21ClN6O3/c1-12-10-17(26(28)29)23-24(12)9-8-18(27)21-19-13(2)22-25(14(19)3)11-15-6-4-5-7-16(15)20/h4-7,10H,8-9,11H2,1-3H3,(H,21,27). The lowest BCUT2D eigenvalue weighted by Gasteiger charge is -2.08. The van der Waals surface area contributed by atoms with Crippen LogP contribution in [0.15, 0.2) is 30.3 Å². The van der Waals surface area contributed by atoms with Crippen molar-refractivity contribution in [2.75, 3.05) is 5.32 Å². The molecule has 29 heavy (non-hydrogen) atoms. The largest absolute Gasteiger partial charge is 0.390 e. The molecule has 1 amide bonds. The number of carbonyl (C=O) groups excluding carboxylic acids is 1. The third-order valence-corrected chi connectivity index (χ3v) is 5.00. The Balaban J connectivity index is 1.67. The normalized spacial score (nSPS) is 10.9. The molecule has 2 heterocycles. The van der Waals surface area contributed by atoms with Gasteiger partial charge in [-0.2, -0.15) is 9.78 Å². The predicted molar refractivity (Wildman–Crippen MR) is 109 cm³/mol. The summed E-state index contributed by atoms with van der Waals surface area (Å²) in [6.45, 7) is 6.17. The summed E-state index contributed by atoms with van der Waals surface area (Å²) in [5.41, 5.74) is 3.75. The molecule has 0 aliphatic rings. The molecule has 152 valence electrons. The van der Waals surface area contributed by atoms with Crippen molar-refractivity contribution >= 4 is 29.0 Å². The minimum atomic E-state index is -0.552. The molecule has 3 aromatic rings. The predicted octanol–water partition coefficient (Wildman–Crippen LogP) is 3.64. The van der Waals surface area contributed by atoms with Gasteiger partial charge in [-0.15, -0.1) is 0 Å². The minimum Gasteiger partial charge on any atom is -0.358 e. The molecule has 0 aliphatic carbocycles. The van der Waals surface area contributed by atoms with Crippen LogP contribution < -0.4 is 5.32 Å². The van der Waals surface area contributed by atoms with Gasteiger partial charge in [-0.25, -0.2) is 0 Å². The second-order valence-corrected chi connectivity index (χ2v) is 7.12. The minimum absolute atomic E-state index is 0.133. The van der Waals surface area contributed by atoms with E-state index in [-0.39, 0.29) is 24.7 Å². The monoisotopic (exact) mass is 416 g/mol. The van der Waals surface area contributed by atoms with Crippen LogP contribution in [-0.4, -0.2) is 30.4 Å². The number of anilines is 1. The summed E-state index contributed by atoms with van der Waals surface area (Å²) in [6, 6.07) is 8.92. The van der Waals surface area contributed by atoms with Gasteiger partial charge in [0.05, 0.1) is 47.0 Å². The average molecular weight is 417 g/mol. The second kappa shape index (κ2) is 8.44. The van der Waals surface area contributed by atoms with Crippen molar-refractivity contribution in [1.29, 1.82) is 0 Å². The molecule has 1 N–H and O–H groups in total. The average Bonchev–Trinajstić information content (AvgIpc) is 3.17. The zero-order valence-corrected chi connectivity index (χ0v) is 17.1. The Kier molecular flexibility index (Phi) is 5.97. The Hall–Kier alpha value is -3.20. The third-order valence-electron chi connectivity index (χ3n) is 4.63. The van der Waals surface area contributed by atoms with Crippen molar-refractivity contribution in [3.63, 3.8) is 0 Å². The molecular weight excluding hydrogens is 396 g/mol. The van der Waals surface area contributed by atoms with Crippen LogP contribution >= 0.6 is 11.6 Å². The molecule has 0 bridgehead atoms. The van der Waals surface area contributed by atoms with Gasteiger partial charge >= 0.3 is 5.82 Å². The van der Waals surface area contributed by atoms with E-state index in [4.69, 9.17) is 11.6 Å². The van der Waals surface area contributed by atoms with Crippen molar-refractivity contribution < 1.29 is 9.72 Å². The van der Waals surface area contributed by atoms with Gasteiger partial charge in [0, 0.05) is 11.4 Å². The van der Waals surface area contributed by atoms with E-state index in [0.29, 0.717) is 28.6 Å². The van der Waals surface area contributed by atoms with Gasteiger partial charge in [-0.05, 0) is 37.3 Å². The Labute approximate surface area is 172 Å². The quantitative estimate of drug-likeness (QED) is 0.467. The van der Waals surface area contributed by atoms with E-state index in [1.807, 2.05) is 38.1 Å². The van der Waals surface area contributed by atoms with Crippen LogP contribution in [0, 0.1) is 30.9 Å². The maximum Gasteiger partial charge on any atom is 0.390 e. The fourth-order valence-corrected chi connectivity index (χ4v) is 3.23. The summed E-state index contributed by atoms with van der Waals surface area (Å²) in [7, 11) is 0. The number of nitrogens with zero attached hydrogens (tertiary/aromatic N) is 5. The first-order valence-corrected chi connectivity index (χ1v) is 9.40. The lowest BCUT2D eigenvalue weighted by Crippen LogP contribution is -2.16. The van der Waals surface area contributed by atoms with Crippen molar-refractivity contribution in [3.05, 3.63) is 68.1 Å². The third kappa shape index (κ3) is 4.62. The van der Waals surface area contributed by atoms with Crippen molar-refractivity contribution in [2.45, 2.75) is 40.3 Å². The number of carbonyl (C=O) groups is 1. The number of aryl methyl sites for hydroxylation is 3. The number of halogens is 1. The highest BCUT2D eigenvalue weighted by molar-refractivity contribution is 6.31. The van der Waals surface area contributed by atoms with Crippen LogP contribution in [-0.2, 0) is 17.9 Å². The van der Waals surface area contributed by atoms with E-state index in [2.05, 4.69) is 15.5 Å². The molecule has 1 aromatic carbocycles. The molecule has 0 fully saturated rings. The molecule has 0 unspecified atom stereocenters. The Morgan fingerprint density at radius 1 is 1.21 bits per heavy atom. The number of rotatable bonds is 7. The van der Waals surface area contributed by atoms with Gasteiger partial charge in [-0.3, -0.25) is 9.48 Å². The number of nitro groups is 1. The topological polar surface area (TPSA) is 108 Å². The molecule has 0 radical (unpaired) electrons. The lowest BCUT2D eigenvalue weighted by atomic mass is 10.2. The van der Waals surface area contributed by atoms with E-state index < -0.39 is 4.92 Å². The number of hydrogen-bond acceptors (Lipinski definition) is 5. The van der Waals surface area contributed by atoms with Gasteiger partial charge < -0.3 is 15.4 Å². The first kappa shape index (κ1) is 20.5. The van der Waals surface area contributed by atoms with Gasteiger partial charge in [-0.1, -0.05) is 29.8 Å². The van der Waals surface area contributed by atoms with Crippen LogP contribution in [0.3, 0.4) is 0 Å². The molecule has 0 aliphatic heterocycles. The molecule has 2 aromatic heterocycles. The summed E-state index contributed by atoms with van der Waals surface area (Å²) < 4.78 is 3.26. The number of hydrogen-bond donors (Lipinski definition) is 1. The lowest BCUT2D eigenvalue weighted by molar-refractivity contribution is -0.389. The maximum absolute atomic E-state index is 12.4. The molecule has 10 heteroatoms. The zero-order chi connectivity index (χ0) is 21.1. The zero-order valence-electron chi connectivity index (χ0n) is 16.3. The molecular formula is C19H21ClN6O3. The number of aromatic nitrogens is 4.